The van der Waals surface area contributed by atoms with Gasteiger partial charge in [0.25, 0.3) is 5.91 Å². The molecule has 2 aromatic carbocycles. The maximum atomic E-state index is 12.4. The summed E-state index contributed by atoms with van der Waals surface area (Å²) in [7, 11) is 0. The van der Waals surface area contributed by atoms with Crippen LogP contribution in [-0.4, -0.2) is 21.8 Å². The predicted octanol–water partition coefficient (Wildman–Crippen LogP) is 2.77. The minimum absolute atomic E-state index is 0.137. The summed E-state index contributed by atoms with van der Waals surface area (Å²) in [4.78, 5) is 30.5. The fourth-order valence-corrected chi connectivity index (χ4v) is 2.19. The van der Waals surface area contributed by atoms with E-state index in [0.717, 1.165) is 5.52 Å². The highest BCUT2D eigenvalue weighted by Crippen LogP contribution is 2.18. The van der Waals surface area contributed by atoms with Gasteiger partial charge in [-0.15, -0.1) is 0 Å². The summed E-state index contributed by atoms with van der Waals surface area (Å²) in [5.41, 5.74) is 3.28. The van der Waals surface area contributed by atoms with E-state index in [1.165, 1.54) is 6.92 Å². The normalized spacial score (nSPS) is 10.4. The third kappa shape index (κ3) is 2.80. The van der Waals surface area contributed by atoms with Crippen molar-refractivity contribution in [1.82, 2.24) is 9.97 Å². The number of carbonyl (C=O) groups is 2. The number of para-hydroxylation sites is 1. The molecule has 1 aromatic heterocycles. The lowest BCUT2D eigenvalue weighted by atomic mass is 10.1. The quantitative estimate of drug-likeness (QED) is 0.694. The predicted molar refractivity (Wildman–Crippen MR) is 84.8 cm³/mol. The lowest BCUT2D eigenvalue weighted by Crippen LogP contribution is -2.12. The SMILES string of the molecule is CC(=O)Nc1ccc(NC(=O)c2cccc3[nH]cnc23)cc1. The Hall–Kier alpha value is -3.15. The number of hydrogen-bond donors (Lipinski definition) is 3. The molecule has 0 aliphatic carbocycles. The summed E-state index contributed by atoms with van der Waals surface area (Å²) in [6, 6.07) is 12.3. The van der Waals surface area contributed by atoms with Crippen molar-refractivity contribution in [3.05, 3.63) is 54.4 Å². The highest BCUT2D eigenvalue weighted by atomic mass is 16.2. The van der Waals surface area contributed by atoms with E-state index in [9.17, 15) is 9.59 Å². The third-order valence-electron chi connectivity index (χ3n) is 3.16. The molecule has 0 saturated carbocycles. The minimum Gasteiger partial charge on any atom is -0.345 e. The molecule has 0 bridgehead atoms. The second kappa shape index (κ2) is 5.69. The molecule has 0 aliphatic rings. The van der Waals surface area contributed by atoms with Gasteiger partial charge in [-0.05, 0) is 36.4 Å². The van der Waals surface area contributed by atoms with E-state index in [1.807, 2.05) is 6.07 Å². The second-order valence-electron chi connectivity index (χ2n) is 4.82. The number of H-pyrrole nitrogens is 1. The Balaban J connectivity index is 1.79. The molecular formula is C16H14N4O2. The maximum absolute atomic E-state index is 12.4. The molecule has 0 atom stereocenters. The number of fused-ring (bicyclic) bond motifs is 1. The number of aromatic amines is 1. The molecule has 3 N–H and O–H groups in total. The Morgan fingerprint density at radius 2 is 1.68 bits per heavy atom. The molecule has 2 amide bonds. The highest BCUT2D eigenvalue weighted by Gasteiger charge is 2.11. The molecule has 3 rings (SSSR count). The molecule has 6 heteroatoms. The first-order valence-corrected chi connectivity index (χ1v) is 6.74. The number of imidazole rings is 1. The van der Waals surface area contributed by atoms with E-state index in [4.69, 9.17) is 0 Å². The number of aromatic nitrogens is 2. The van der Waals surface area contributed by atoms with E-state index < -0.39 is 0 Å². The number of rotatable bonds is 3. The summed E-state index contributed by atoms with van der Waals surface area (Å²) >= 11 is 0. The smallest absolute Gasteiger partial charge is 0.257 e. The van der Waals surface area contributed by atoms with Crippen LogP contribution in [0.15, 0.2) is 48.8 Å². The number of benzene rings is 2. The van der Waals surface area contributed by atoms with Crippen molar-refractivity contribution >= 4 is 34.2 Å². The molecule has 0 spiro atoms. The van der Waals surface area contributed by atoms with Crippen molar-refractivity contribution in [2.45, 2.75) is 6.92 Å². The zero-order chi connectivity index (χ0) is 15.5. The van der Waals surface area contributed by atoms with Crippen LogP contribution in [-0.2, 0) is 4.79 Å². The Labute approximate surface area is 126 Å². The zero-order valence-electron chi connectivity index (χ0n) is 11.9. The number of amides is 2. The molecular weight excluding hydrogens is 280 g/mol. The van der Waals surface area contributed by atoms with Gasteiger partial charge in [0.1, 0.15) is 5.52 Å². The highest BCUT2D eigenvalue weighted by molar-refractivity contribution is 6.11. The fraction of sp³-hybridized carbons (Fsp3) is 0.0625. The topological polar surface area (TPSA) is 86.9 Å². The Morgan fingerprint density at radius 1 is 1.00 bits per heavy atom. The van der Waals surface area contributed by atoms with Crippen molar-refractivity contribution in [2.75, 3.05) is 10.6 Å². The lowest BCUT2D eigenvalue weighted by molar-refractivity contribution is -0.114. The van der Waals surface area contributed by atoms with Crippen LogP contribution in [0.3, 0.4) is 0 Å². The Morgan fingerprint density at radius 3 is 2.36 bits per heavy atom. The van der Waals surface area contributed by atoms with Crippen LogP contribution in [0.2, 0.25) is 0 Å². The van der Waals surface area contributed by atoms with Gasteiger partial charge in [0, 0.05) is 18.3 Å². The summed E-state index contributed by atoms with van der Waals surface area (Å²) in [5.74, 6) is -0.369. The largest absolute Gasteiger partial charge is 0.345 e. The van der Waals surface area contributed by atoms with Crippen LogP contribution in [0.25, 0.3) is 11.0 Å². The van der Waals surface area contributed by atoms with Gasteiger partial charge in [0.2, 0.25) is 5.91 Å². The summed E-state index contributed by atoms with van der Waals surface area (Å²) in [6.07, 6.45) is 1.56. The molecule has 1 heterocycles. The van der Waals surface area contributed by atoms with Gasteiger partial charge in [0.15, 0.2) is 0 Å². The number of hydrogen-bond acceptors (Lipinski definition) is 3. The van der Waals surface area contributed by atoms with Gasteiger partial charge in [-0.3, -0.25) is 9.59 Å². The molecule has 110 valence electrons. The van der Waals surface area contributed by atoms with Crippen LogP contribution in [0, 0.1) is 0 Å². The number of carbonyl (C=O) groups excluding carboxylic acids is 2. The Kier molecular flexibility index (Phi) is 3.57. The standard InChI is InChI=1S/C16H14N4O2/c1-10(21)19-11-5-7-12(8-6-11)20-16(22)13-3-2-4-14-15(13)18-9-17-14/h2-9H,1H3,(H,17,18)(H,19,21)(H,20,22). The average Bonchev–Trinajstić information content (AvgIpc) is 2.97. The van der Waals surface area contributed by atoms with Gasteiger partial charge in [-0.2, -0.15) is 0 Å². The molecule has 0 unspecified atom stereocenters. The average molecular weight is 294 g/mol. The van der Waals surface area contributed by atoms with Crippen LogP contribution in [0.5, 0.6) is 0 Å². The molecule has 0 aliphatic heterocycles. The Bertz CT molecular complexity index is 837. The first kappa shape index (κ1) is 13.8. The van der Waals surface area contributed by atoms with E-state index in [-0.39, 0.29) is 11.8 Å². The molecule has 0 saturated heterocycles. The van der Waals surface area contributed by atoms with Crippen molar-refractivity contribution in [3.8, 4) is 0 Å². The molecule has 6 nitrogen and oxygen atoms in total. The van der Waals surface area contributed by atoms with Gasteiger partial charge >= 0.3 is 0 Å². The number of nitrogens with zero attached hydrogens (tertiary/aromatic N) is 1. The molecule has 0 fully saturated rings. The monoisotopic (exact) mass is 294 g/mol. The molecule has 22 heavy (non-hydrogen) atoms. The molecule has 3 aromatic rings. The molecule has 0 radical (unpaired) electrons. The first-order chi connectivity index (χ1) is 10.6. The van der Waals surface area contributed by atoms with Crippen LogP contribution >= 0.6 is 0 Å². The maximum Gasteiger partial charge on any atom is 0.257 e. The van der Waals surface area contributed by atoms with Crippen LogP contribution in [0.1, 0.15) is 17.3 Å². The number of anilines is 2. The zero-order valence-corrected chi connectivity index (χ0v) is 11.9. The van der Waals surface area contributed by atoms with Crippen LogP contribution < -0.4 is 10.6 Å². The van der Waals surface area contributed by atoms with Gasteiger partial charge in [-0.1, -0.05) is 6.07 Å². The van der Waals surface area contributed by atoms with E-state index in [0.29, 0.717) is 22.5 Å². The lowest BCUT2D eigenvalue weighted by Gasteiger charge is -2.07. The van der Waals surface area contributed by atoms with E-state index >= 15 is 0 Å². The van der Waals surface area contributed by atoms with Crippen molar-refractivity contribution in [1.29, 1.82) is 0 Å². The van der Waals surface area contributed by atoms with Gasteiger partial charge in [0.05, 0.1) is 17.4 Å². The third-order valence-corrected chi connectivity index (χ3v) is 3.16. The fourth-order valence-electron chi connectivity index (χ4n) is 2.19. The van der Waals surface area contributed by atoms with Gasteiger partial charge in [-0.25, -0.2) is 4.98 Å². The second-order valence-corrected chi connectivity index (χ2v) is 4.82. The summed E-state index contributed by atoms with van der Waals surface area (Å²) in [5, 5.41) is 5.49. The summed E-state index contributed by atoms with van der Waals surface area (Å²) < 4.78 is 0. The van der Waals surface area contributed by atoms with E-state index in [2.05, 4.69) is 20.6 Å². The van der Waals surface area contributed by atoms with Crippen molar-refractivity contribution in [3.63, 3.8) is 0 Å². The van der Waals surface area contributed by atoms with Crippen molar-refractivity contribution < 1.29 is 9.59 Å². The first-order valence-electron chi connectivity index (χ1n) is 6.74. The van der Waals surface area contributed by atoms with Crippen molar-refractivity contribution in [2.24, 2.45) is 0 Å². The van der Waals surface area contributed by atoms with Gasteiger partial charge < -0.3 is 15.6 Å². The van der Waals surface area contributed by atoms with E-state index in [1.54, 1.807) is 42.7 Å². The minimum atomic E-state index is -0.232. The number of nitrogens with one attached hydrogen (secondary N) is 3. The van der Waals surface area contributed by atoms with Crippen LogP contribution in [0.4, 0.5) is 11.4 Å². The summed E-state index contributed by atoms with van der Waals surface area (Å²) in [6.45, 7) is 1.44.